The first-order chi connectivity index (χ1) is 34.5. The summed E-state index contributed by atoms with van der Waals surface area (Å²) in [5.41, 5.74) is -1.18. The Hall–Kier alpha value is -4.46. The molecule has 0 radical (unpaired) electrons. The smallest absolute Gasteiger partial charge is 0.320 e. The van der Waals surface area contributed by atoms with E-state index in [0.29, 0.717) is 25.7 Å². The summed E-state index contributed by atoms with van der Waals surface area (Å²) in [6, 6.07) is 0. The van der Waals surface area contributed by atoms with E-state index in [2.05, 4.69) is 41.2 Å². The van der Waals surface area contributed by atoms with Gasteiger partial charge in [0, 0.05) is 53.9 Å². The molecule has 7 aliphatic rings. The van der Waals surface area contributed by atoms with Crippen LogP contribution in [0.5, 0.6) is 0 Å². The summed E-state index contributed by atoms with van der Waals surface area (Å²) in [4.78, 5) is 102. The molecule has 3 unspecified atom stereocenters. The van der Waals surface area contributed by atoms with Gasteiger partial charge in [0.05, 0.1) is 30.8 Å². The van der Waals surface area contributed by atoms with Crippen LogP contribution in [0.25, 0.3) is 0 Å². The van der Waals surface area contributed by atoms with Crippen LogP contribution in [0.4, 0.5) is 0 Å². The summed E-state index contributed by atoms with van der Waals surface area (Å²) in [6.45, 7) is 25.5. The molecule has 2 heterocycles. The van der Waals surface area contributed by atoms with E-state index in [-0.39, 0.29) is 59.0 Å². The molecule has 19 nitrogen and oxygen atoms in total. The Kier molecular flexibility index (Phi) is 16.6. The lowest BCUT2D eigenvalue weighted by molar-refractivity contribution is -0.367. The number of carbonyl (C=O) groups is 8. The third-order valence-electron chi connectivity index (χ3n) is 19.3. The van der Waals surface area contributed by atoms with Gasteiger partial charge in [-0.1, -0.05) is 39.8 Å². The molecule has 0 aromatic heterocycles. The predicted octanol–water partition coefficient (Wildman–Crippen LogP) is 6.81. The molecular weight excluding hydrogens is 965 g/mol. The van der Waals surface area contributed by atoms with E-state index in [1.165, 1.54) is 27.7 Å². The highest BCUT2D eigenvalue weighted by Gasteiger charge is 2.73. The Morgan fingerprint density at radius 1 is 0.554 bits per heavy atom. The average molecular weight is 1050 g/mol. The molecule has 0 spiro atoms. The van der Waals surface area contributed by atoms with Gasteiger partial charge in [0.25, 0.3) is 0 Å². The largest absolute Gasteiger partial charge is 0.465 e. The first kappa shape index (κ1) is 57.2. The summed E-state index contributed by atoms with van der Waals surface area (Å²) in [7, 11) is 0. The van der Waals surface area contributed by atoms with Crippen molar-refractivity contribution in [3.8, 4) is 0 Å². The van der Waals surface area contributed by atoms with Crippen molar-refractivity contribution in [2.75, 3.05) is 13.2 Å². The molecule has 414 valence electrons. The van der Waals surface area contributed by atoms with Crippen molar-refractivity contribution >= 4 is 47.8 Å². The van der Waals surface area contributed by atoms with Crippen molar-refractivity contribution in [2.24, 2.45) is 56.7 Å². The topological polar surface area (TPSA) is 238 Å². The van der Waals surface area contributed by atoms with Crippen LogP contribution in [-0.4, -0.2) is 122 Å². The van der Waals surface area contributed by atoms with Gasteiger partial charge in [0.1, 0.15) is 0 Å². The van der Waals surface area contributed by atoms with Gasteiger partial charge in [-0.25, -0.2) is 0 Å². The minimum atomic E-state index is -1.60. The van der Waals surface area contributed by atoms with Crippen LogP contribution >= 0.6 is 0 Å². The number of allylic oxidation sites excluding steroid dienone is 1. The van der Waals surface area contributed by atoms with Crippen molar-refractivity contribution in [1.82, 2.24) is 0 Å². The summed E-state index contributed by atoms with van der Waals surface area (Å²) in [5, 5.41) is 0. The van der Waals surface area contributed by atoms with Gasteiger partial charge in [0.2, 0.25) is 0 Å². The second kappa shape index (κ2) is 21.5. The molecule has 5 saturated carbocycles. The van der Waals surface area contributed by atoms with Crippen molar-refractivity contribution in [3.63, 3.8) is 0 Å². The normalized spacial score (nSPS) is 43.3. The van der Waals surface area contributed by atoms with E-state index >= 15 is 0 Å². The van der Waals surface area contributed by atoms with Gasteiger partial charge < -0.3 is 52.1 Å². The van der Waals surface area contributed by atoms with Crippen LogP contribution in [0.1, 0.15) is 154 Å². The zero-order chi connectivity index (χ0) is 54.6. The summed E-state index contributed by atoms with van der Waals surface area (Å²) in [5.74, 6) is -4.79. The summed E-state index contributed by atoms with van der Waals surface area (Å²) in [6.07, 6.45) is -5.53. The molecule has 0 aromatic rings. The quantitative estimate of drug-likeness (QED) is 0.0605. The van der Waals surface area contributed by atoms with Crippen LogP contribution < -0.4 is 0 Å². The highest BCUT2D eigenvalue weighted by atomic mass is 16.8. The third kappa shape index (κ3) is 10.4. The number of carbonyl (C=O) groups excluding carboxylic acids is 8. The molecule has 0 N–H and O–H groups in total. The SMILES string of the molecule is C=C(C)[C@@H]1CC[C@]2(C(=O)OC(C)=O)CC[C@]3(C)C(CC[C@@H]4[C@@]5(C)CCC(OC6OC[C@H](OC(C)=O)[C@H](OC(C)=O)[C@H]6O[C@@H]6O[C@@H](C)[C@H](OC(C)=O)[C@@H](OC(C)=O)[C@H]6OC(C)=O)[C@@](C)(COC(C)=O)[C@@H]5CC[C@]43C)[C@@H]12. The zero-order valence-corrected chi connectivity index (χ0v) is 45.6. The maximum absolute atomic E-state index is 14.1. The van der Waals surface area contributed by atoms with Crippen LogP contribution in [0.3, 0.4) is 0 Å². The van der Waals surface area contributed by atoms with Gasteiger partial charge in [-0.3, -0.25) is 38.4 Å². The van der Waals surface area contributed by atoms with Crippen LogP contribution in [0, 0.1) is 56.7 Å². The first-order valence-electron chi connectivity index (χ1n) is 26.5. The molecule has 5 aliphatic carbocycles. The van der Waals surface area contributed by atoms with Gasteiger partial charge >= 0.3 is 47.8 Å². The van der Waals surface area contributed by atoms with Crippen molar-refractivity contribution in [2.45, 2.75) is 216 Å². The molecule has 2 aliphatic heterocycles. The van der Waals surface area contributed by atoms with Gasteiger partial charge in [-0.15, -0.1) is 0 Å². The number of rotatable bonds is 13. The number of hydrogen-bond donors (Lipinski definition) is 0. The van der Waals surface area contributed by atoms with E-state index in [1.54, 1.807) is 6.92 Å². The van der Waals surface area contributed by atoms with Gasteiger partial charge in [-0.05, 0) is 124 Å². The molecule has 74 heavy (non-hydrogen) atoms. The van der Waals surface area contributed by atoms with E-state index in [1.807, 2.05) is 0 Å². The molecular formula is C55H80O19. The molecule has 0 aromatic carbocycles. The fourth-order valence-corrected chi connectivity index (χ4v) is 16.2. The highest BCUT2D eigenvalue weighted by Crippen LogP contribution is 2.78. The van der Waals surface area contributed by atoms with Crippen LogP contribution in [0.2, 0.25) is 0 Å². The lowest BCUT2D eigenvalue weighted by atomic mass is 9.32. The summed E-state index contributed by atoms with van der Waals surface area (Å²) >= 11 is 0. The van der Waals surface area contributed by atoms with Crippen molar-refractivity contribution in [1.29, 1.82) is 0 Å². The fraction of sp³-hybridized carbons (Fsp3) is 0.818. The molecule has 20 atom stereocenters. The van der Waals surface area contributed by atoms with E-state index < -0.39 is 120 Å². The molecule has 19 heteroatoms. The Bertz CT molecular complexity index is 2230. The Morgan fingerprint density at radius 2 is 1.16 bits per heavy atom. The molecule has 2 saturated heterocycles. The van der Waals surface area contributed by atoms with Crippen LogP contribution in [0.15, 0.2) is 12.2 Å². The van der Waals surface area contributed by atoms with Gasteiger partial charge in [0.15, 0.2) is 49.2 Å². The second-order valence-electron chi connectivity index (χ2n) is 23.6. The lowest BCUT2D eigenvalue weighted by Crippen LogP contribution is -2.68. The minimum Gasteiger partial charge on any atom is -0.465 e. The lowest BCUT2D eigenvalue weighted by Gasteiger charge is -2.73. The molecule has 0 bridgehead atoms. The first-order valence-corrected chi connectivity index (χ1v) is 26.5. The summed E-state index contributed by atoms with van der Waals surface area (Å²) < 4.78 is 66.4. The number of fused-ring (bicyclic) bond motifs is 7. The van der Waals surface area contributed by atoms with E-state index in [4.69, 9.17) is 52.1 Å². The maximum atomic E-state index is 14.1. The average Bonchev–Trinajstić information content (AvgIpc) is 3.69. The highest BCUT2D eigenvalue weighted by molar-refractivity contribution is 5.88. The Morgan fingerprint density at radius 3 is 1.76 bits per heavy atom. The van der Waals surface area contributed by atoms with Crippen molar-refractivity contribution in [3.05, 3.63) is 12.2 Å². The number of esters is 8. The van der Waals surface area contributed by atoms with E-state index in [9.17, 15) is 38.4 Å². The van der Waals surface area contributed by atoms with Crippen LogP contribution in [-0.2, 0) is 90.5 Å². The fourth-order valence-electron chi connectivity index (χ4n) is 16.2. The number of ether oxygens (including phenoxy) is 11. The van der Waals surface area contributed by atoms with Crippen molar-refractivity contribution < 1.29 is 90.5 Å². The molecule has 7 rings (SSSR count). The monoisotopic (exact) mass is 1040 g/mol. The molecule has 0 amide bonds. The zero-order valence-electron chi connectivity index (χ0n) is 45.6. The third-order valence-corrected chi connectivity index (χ3v) is 19.3. The second-order valence-corrected chi connectivity index (χ2v) is 23.6. The predicted molar refractivity (Wildman–Crippen MR) is 258 cm³/mol. The molecule has 7 fully saturated rings. The Labute approximate surface area is 434 Å². The van der Waals surface area contributed by atoms with Gasteiger partial charge in [-0.2, -0.15) is 0 Å². The number of hydrogen-bond acceptors (Lipinski definition) is 19. The minimum absolute atomic E-state index is 0.000793. The standard InChI is InChI=1S/C55H80O19/c1-27(2)36-17-22-55(50(63)72-35(10)62)24-23-53(13)37(42(36)55)15-16-40-51(11)20-19-41(52(12,26-65-29(4)56)39(51)18-21-54(40,53)14)73-48-46(44(69-32(7)59)38(25-64-48)67-30(5)57)74-49-47(71-34(9)61)45(70-33(8)60)43(28(3)66-49)68-31(6)58/h28,36-49H,1,15-26H2,2-14H3/t28-,36-,37?,38-,39+,40+,41?,42+,43-,44-,45+,46+,47+,48?,49-,51-,52-,53+,54+,55-/m0/s1. The maximum Gasteiger partial charge on any atom is 0.320 e. The van der Waals surface area contributed by atoms with E-state index in [0.717, 1.165) is 64.9 Å². The Balaban J connectivity index is 1.24.